The molecule has 0 saturated heterocycles. The fourth-order valence-electron chi connectivity index (χ4n) is 1.91. The molecule has 102 valence electrons. The van der Waals surface area contributed by atoms with Gasteiger partial charge in [0.15, 0.2) is 17.3 Å². The van der Waals surface area contributed by atoms with Crippen LogP contribution in [0, 0.1) is 11.6 Å². The first-order valence-corrected chi connectivity index (χ1v) is 5.80. The molecule has 0 radical (unpaired) electrons. The number of hydrogen-bond acceptors (Lipinski definition) is 3. The molecule has 0 fully saturated rings. The summed E-state index contributed by atoms with van der Waals surface area (Å²) < 4.78 is 36.9. The zero-order valence-electron chi connectivity index (χ0n) is 10.8. The lowest BCUT2D eigenvalue weighted by molar-refractivity contribution is 0.373. The van der Waals surface area contributed by atoms with E-state index in [4.69, 9.17) is 9.15 Å². The average molecular weight is 268 g/mol. The molecule has 0 spiro atoms. The largest absolute Gasteiger partial charge is 0.504 e. The van der Waals surface area contributed by atoms with Crippen molar-refractivity contribution >= 4 is 0 Å². The van der Waals surface area contributed by atoms with E-state index in [0.29, 0.717) is 5.76 Å². The van der Waals surface area contributed by atoms with Crippen molar-refractivity contribution in [3.05, 3.63) is 35.8 Å². The molecule has 0 unspecified atom stereocenters. The molecular formula is C14H14F2O3. The van der Waals surface area contributed by atoms with E-state index >= 15 is 0 Å². The van der Waals surface area contributed by atoms with Gasteiger partial charge in [-0.25, -0.2) is 4.39 Å². The third-order valence-electron chi connectivity index (χ3n) is 2.86. The van der Waals surface area contributed by atoms with Crippen LogP contribution < -0.4 is 4.74 Å². The first-order chi connectivity index (χ1) is 8.97. The highest BCUT2D eigenvalue weighted by Crippen LogP contribution is 2.42. The fraction of sp³-hybridized carbons (Fsp3) is 0.286. The van der Waals surface area contributed by atoms with Gasteiger partial charge in [-0.3, -0.25) is 0 Å². The first kappa shape index (κ1) is 13.4. The minimum Gasteiger partial charge on any atom is -0.504 e. The number of aromatic hydroxyl groups is 1. The molecule has 19 heavy (non-hydrogen) atoms. The monoisotopic (exact) mass is 268 g/mol. The molecule has 0 aliphatic heterocycles. The summed E-state index contributed by atoms with van der Waals surface area (Å²) in [7, 11) is 1.24. The molecule has 1 N–H and O–H groups in total. The quantitative estimate of drug-likeness (QED) is 0.912. The second-order valence-electron chi connectivity index (χ2n) is 4.46. The Morgan fingerprint density at radius 3 is 2.42 bits per heavy atom. The summed E-state index contributed by atoms with van der Waals surface area (Å²) in [6, 6.07) is 2.32. The van der Waals surface area contributed by atoms with Gasteiger partial charge in [0.05, 0.1) is 12.7 Å². The third kappa shape index (κ3) is 2.16. The average Bonchev–Trinajstić information content (AvgIpc) is 2.74. The number of furan rings is 1. The number of ether oxygens (including phenoxy) is 1. The van der Waals surface area contributed by atoms with Crippen molar-refractivity contribution < 1.29 is 23.0 Å². The summed E-state index contributed by atoms with van der Waals surface area (Å²) >= 11 is 0. The third-order valence-corrected chi connectivity index (χ3v) is 2.86. The zero-order chi connectivity index (χ0) is 14.2. The molecule has 1 heterocycles. The summed E-state index contributed by atoms with van der Waals surface area (Å²) in [6.07, 6.45) is 1.31. The van der Waals surface area contributed by atoms with E-state index < -0.39 is 11.6 Å². The molecule has 0 aliphatic carbocycles. The SMILES string of the molecule is COc1c(-c2coc(C(C)C)c2O)ccc(F)c1F. The topological polar surface area (TPSA) is 42.6 Å². The van der Waals surface area contributed by atoms with Crippen molar-refractivity contribution in [3.8, 4) is 22.6 Å². The second-order valence-corrected chi connectivity index (χ2v) is 4.46. The van der Waals surface area contributed by atoms with Crippen LogP contribution in [0.1, 0.15) is 25.5 Å². The molecule has 0 bridgehead atoms. The minimum atomic E-state index is -1.09. The number of hydrogen-bond donors (Lipinski definition) is 1. The fourth-order valence-corrected chi connectivity index (χ4v) is 1.91. The smallest absolute Gasteiger partial charge is 0.201 e. The Morgan fingerprint density at radius 1 is 1.21 bits per heavy atom. The highest BCUT2D eigenvalue weighted by molar-refractivity contribution is 5.76. The Morgan fingerprint density at radius 2 is 1.89 bits per heavy atom. The lowest BCUT2D eigenvalue weighted by Gasteiger charge is -2.09. The van der Waals surface area contributed by atoms with Gasteiger partial charge in [-0.2, -0.15) is 4.39 Å². The van der Waals surface area contributed by atoms with Crippen molar-refractivity contribution in [2.24, 2.45) is 0 Å². The van der Waals surface area contributed by atoms with Gasteiger partial charge in [0, 0.05) is 11.5 Å². The molecule has 2 aromatic rings. The summed E-state index contributed by atoms with van der Waals surface area (Å²) in [5, 5.41) is 10.1. The van der Waals surface area contributed by atoms with Crippen molar-refractivity contribution in [3.63, 3.8) is 0 Å². The van der Waals surface area contributed by atoms with E-state index in [1.54, 1.807) is 0 Å². The molecule has 0 aliphatic rings. The van der Waals surface area contributed by atoms with Crippen LogP contribution in [0.4, 0.5) is 8.78 Å². The Hall–Kier alpha value is -2.04. The van der Waals surface area contributed by atoms with Crippen LogP contribution >= 0.6 is 0 Å². The van der Waals surface area contributed by atoms with Gasteiger partial charge in [0.2, 0.25) is 5.82 Å². The maximum atomic E-state index is 13.6. The molecule has 0 atom stereocenters. The number of benzene rings is 1. The zero-order valence-corrected chi connectivity index (χ0v) is 10.8. The van der Waals surface area contributed by atoms with Gasteiger partial charge < -0.3 is 14.3 Å². The highest BCUT2D eigenvalue weighted by Gasteiger charge is 2.22. The normalized spacial score (nSPS) is 11.1. The maximum absolute atomic E-state index is 13.6. The molecular weight excluding hydrogens is 254 g/mol. The van der Waals surface area contributed by atoms with Crippen LogP contribution in [0.15, 0.2) is 22.8 Å². The van der Waals surface area contributed by atoms with Crippen LogP contribution in [0.25, 0.3) is 11.1 Å². The van der Waals surface area contributed by atoms with Crippen LogP contribution in [0.3, 0.4) is 0 Å². The van der Waals surface area contributed by atoms with E-state index in [2.05, 4.69) is 0 Å². The van der Waals surface area contributed by atoms with E-state index in [1.807, 2.05) is 13.8 Å². The molecule has 5 heteroatoms. The van der Waals surface area contributed by atoms with Gasteiger partial charge in [0.1, 0.15) is 12.0 Å². The molecule has 0 saturated carbocycles. The summed E-state index contributed by atoms with van der Waals surface area (Å²) in [4.78, 5) is 0. The Balaban J connectivity index is 2.63. The van der Waals surface area contributed by atoms with Crippen molar-refractivity contribution in [1.82, 2.24) is 0 Å². The highest BCUT2D eigenvalue weighted by atomic mass is 19.2. The Kier molecular flexibility index (Phi) is 3.46. The lowest BCUT2D eigenvalue weighted by atomic mass is 10.0. The van der Waals surface area contributed by atoms with Gasteiger partial charge in [-0.15, -0.1) is 0 Å². The van der Waals surface area contributed by atoms with Gasteiger partial charge in [0.25, 0.3) is 0 Å². The van der Waals surface area contributed by atoms with E-state index in [0.717, 1.165) is 6.07 Å². The van der Waals surface area contributed by atoms with E-state index in [9.17, 15) is 13.9 Å². The van der Waals surface area contributed by atoms with E-state index in [1.165, 1.54) is 19.4 Å². The Labute approximate surface area is 109 Å². The second kappa shape index (κ2) is 4.91. The molecule has 0 amide bonds. The first-order valence-electron chi connectivity index (χ1n) is 5.80. The summed E-state index contributed by atoms with van der Waals surface area (Å²) in [5.41, 5.74) is 0.522. The van der Waals surface area contributed by atoms with Crippen LogP contribution in [0.5, 0.6) is 11.5 Å². The molecule has 1 aromatic carbocycles. The van der Waals surface area contributed by atoms with E-state index in [-0.39, 0.29) is 28.5 Å². The van der Waals surface area contributed by atoms with Crippen molar-refractivity contribution in [2.75, 3.05) is 7.11 Å². The number of rotatable bonds is 3. The van der Waals surface area contributed by atoms with Crippen LogP contribution in [-0.2, 0) is 0 Å². The van der Waals surface area contributed by atoms with Crippen LogP contribution in [0.2, 0.25) is 0 Å². The summed E-state index contributed by atoms with van der Waals surface area (Å²) in [6.45, 7) is 3.70. The Bertz CT molecular complexity index is 603. The minimum absolute atomic E-state index is 0.0231. The van der Waals surface area contributed by atoms with Crippen molar-refractivity contribution in [1.29, 1.82) is 0 Å². The number of methoxy groups -OCH3 is 1. The molecule has 2 rings (SSSR count). The molecule has 1 aromatic heterocycles. The van der Waals surface area contributed by atoms with Crippen molar-refractivity contribution in [2.45, 2.75) is 19.8 Å². The van der Waals surface area contributed by atoms with Crippen LogP contribution in [-0.4, -0.2) is 12.2 Å². The maximum Gasteiger partial charge on any atom is 0.201 e. The van der Waals surface area contributed by atoms with Gasteiger partial charge in [-0.05, 0) is 12.1 Å². The number of halogens is 2. The van der Waals surface area contributed by atoms with Gasteiger partial charge >= 0.3 is 0 Å². The predicted octanol–water partition coefficient (Wildman–Crippen LogP) is 4.06. The lowest BCUT2D eigenvalue weighted by Crippen LogP contribution is -1.95. The summed E-state index contributed by atoms with van der Waals surface area (Å²) in [5.74, 6) is -2.07. The molecule has 3 nitrogen and oxygen atoms in total. The standard InChI is InChI=1S/C14H14F2O3/c1-7(2)13-12(17)9(6-19-13)8-4-5-10(15)11(16)14(8)18-3/h4-7,17H,1-3H3. The predicted molar refractivity (Wildman–Crippen MR) is 66.4 cm³/mol. The van der Waals surface area contributed by atoms with Gasteiger partial charge in [-0.1, -0.05) is 13.8 Å².